The van der Waals surface area contributed by atoms with Crippen LogP contribution >= 0.6 is 23.2 Å². The first-order valence-corrected chi connectivity index (χ1v) is 9.31. The predicted octanol–water partition coefficient (Wildman–Crippen LogP) is 3.71. The second-order valence-electron chi connectivity index (χ2n) is 6.16. The average molecular weight is 407 g/mol. The molecule has 1 saturated heterocycles. The monoisotopic (exact) mass is 406 g/mol. The number of urea groups is 1. The number of carbonyl (C=O) groups is 2. The van der Waals surface area contributed by atoms with E-state index in [1.54, 1.807) is 23.1 Å². The number of rotatable bonds is 3. The Labute approximate surface area is 168 Å². The van der Waals surface area contributed by atoms with Crippen molar-refractivity contribution in [2.24, 2.45) is 0 Å². The quantitative estimate of drug-likeness (QED) is 0.816. The highest BCUT2D eigenvalue weighted by molar-refractivity contribution is 6.34. The third kappa shape index (κ3) is 4.64. The fourth-order valence-electron chi connectivity index (χ4n) is 2.95. The number of nitrogens with one attached hydrogen (secondary N) is 2. The van der Waals surface area contributed by atoms with E-state index in [9.17, 15) is 9.59 Å². The Morgan fingerprint density at radius 1 is 1.00 bits per heavy atom. The van der Waals surface area contributed by atoms with Crippen LogP contribution in [0, 0.1) is 0 Å². The number of amides is 3. The summed E-state index contributed by atoms with van der Waals surface area (Å²) in [5.41, 5.74) is 1.97. The van der Waals surface area contributed by atoms with Crippen molar-refractivity contribution in [1.82, 2.24) is 10.2 Å². The number of carbonyl (C=O) groups excluding carboxylic acids is 2. The molecular weight excluding hydrogens is 387 g/mol. The molecule has 1 aliphatic rings. The van der Waals surface area contributed by atoms with Crippen LogP contribution in [0.5, 0.6) is 0 Å². The standard InChI is InChI=1S/C19H20Cl2N4O2/c1-22-18(26)16-6-5-14(12-17(16)21)23-19(27)25-9-7-24(8-10-25)15-4-2-3-13(20)11-15/h2-6,11-12H,7-10H2,1H3,(H,22,26)(H,23,27). The minimum absolute atomic E-state index is 0.190. The third-order valence-corrected chi connectivity index (χ3v) is 4.98. The Bertz CT molecular complexity index is 851. The lowest BCUT2D eigenvalue weighted by Gasteiger charge is -2.36. The number of hydrogen-bond acceptors (Lipinski definition) is 3. The molecule has 1 heterocycles. The second-order valence-corrected chi connectivity index (χ2v) is 7.00. The van der Waals surface area contributed by atoms with Gasteiger partial charge < -0.3 is 20.4 Å². The molecule has 0 aliphatic carbocycles. The minimum atomic E-state index is -0.269. The van der Waals surface area contributed by atoms with Crippen molar-refractivity contribution < 1.29 is 9.59 Å². The van der Waals surface area contributed by atoms with Crippen LogP contribution in [0.3, 0.4) is 0 Å². The number of hydrogen-bond donors (Lipinski definition) is 2. The number of piperazine rings is 1. The highest BCUT2D eigenvalue weighted by atomic mass is 35.5. The number of benzene rings is 2. The number of nitrogens with zero attached hydrogens (tertiary/aromatic N) is 2. The van der Waals surface area contributed by atoms with Crippen molar-refractivity contribution in [2.45, 2.75) is 0 Å². The summed E-state index contributed by atoms with van der Waals surface area (Å²) in [6.07, 6.45) is 0. The van der Waals surface area contributed by atoms with Gasteiger partial charge in [-0.15, -0.1) is 0 Å². The summed E-state index contributed by atoms with van der Waals surface area (Å²) in [4.78, 5) is 28.1. The van der Waals surface area contributed by atoms with E-state index in [0.717, 1.165) is 18.8 Å². The van der Waals surface area contributed by atoms with E-state index in [0.29, 0.717) is 29.4 Å². The molecule has 0 spiro atoms. The molecule has 27 heavy (non-hydrogen) atoms. The first-order chi connectivity index (χ1) is 13.0. The molecule has 0 bridgehead atoms. The van der Waals surface area contributed by atoms with Crippen LogP contribution in [0.1, 0.15) is 10.4 Å². The Balaban J connectivity index is 1.58. The molecule has 2 aromatic rings. The van der Waals surface area contributed by atoms with E-state index in [1.165, 1.54) is 7.05 Å². The van der Waals surface area contributed by atoms with E-state index in [1.807, 2.05) is 24.3 Å². The summed E-state index contributed by atoms with van der Waals surface area (Å²) >= 11 is 12.2. The van der Waals surface area contributed by atoms with Crippen molar-refractivity contribution >= 4 is 46.5 Å². The Morgan fingerprint density at radius 2 is 1.74 bits per heavy atom. The molecule has 0 unspecified atom stereocenters. The van der Waals surface area contributed by atoms with Gasteiger partial charge in [0.25, 0.3) is 5.91 Å². The lowest BCUT2D eigenvalue weighted by atomic mass is 10.2. The fourth-order valence-corrected chi connectivity index (χ4v) is 3.41. The maximum Gasteiger partial charge on any atom is 0.321 e. The summed E-state index contributed by atoms with van der Waals surface area (Å²) in [7, 11) is 1.54. The molecule has 2 N–H and O–H groups in total. The third-order valence-electron chi connectivity index (χ3n) is 4.43. The topological polar surface area (TPSA) is 64.7 Å². The molecule has 2 aromatic carbocycles. The van der Waals surface area contributed by atoms with Crippen molar-refractivity contribution in [1.29, 1.82) is 0 Å². The maximum atomic E-state index is 12.5. The van der Waals surface area contributed by atoms with E-state index in [2.05, 4.69) is 15.5 Å². The van der Waals surface area contributed by atoms with Gasteiger partial charge in [0.2, 0.25) is 0 Å². The largest absolute Gasteiger partial charge is 0.368 e. The number of anilines is 2. The summed E-state index contributed by atoms with van der Waals surface area (Å²) in [5.74, 6) is -0.269. The fraction of sp³-hybridized carbons (Fsp3) is 0.263. The molecule has 3 amide bonds. The molecule has 3 rings (SSSR count). The van der Waals surface area contributed by atoms with Gasteiger partial charge in [-0.2, -0.15) is 0 Å². The summed E-state index contributed by atoms with van der Waals surface area (Å²) in [5, 5.41) is 6.34. The Kier molecular flexibility index (Phi) is 6.08. The van der Waals surface area contributed by atoms with Crippen LogP contribution < -0.4 is 15.5 Å². The molecule has 0 saturated carbocycles. The summed E-state index contributed by atoms with van der Waals surface area (Å²) in [6, 6.07) is 12.3. The van der Waals surface area contributed by atoms with E-state index >= 15 is 0 Å². The summed E-state index contributed by atoms with van der Waals surface area (Å²) in [6.45, 7) is 2.65. The first-order valence-electron chi connectivity index (χ1n) is 8.56. The zero-order valence-corrected chi connectivity index (χ0v) is 16.3. The SMILES string of the molecule is CNC(=O)c1ccc(NC(=O)N2CCN(c3cccc(Cl)c3)CC2)cc1Cl. The smallest absolute Gasteiger partial charge is 0.321 e. The molecule has 142 valence electrons. The molecule has 1 aliphatic heterocycles. The van der Waals surface area contributed by atoms with Gasteiger partial charge in [-0.3, -0.25) is 4.79 Å². The van der Waals surface area contributed by atoms with Gasteiger partial charge in [0.05, 0.1) is 10.6 Å². The normalized spacial score (nSPS) is 14.0. The van der Waals surface area contributed by atoms with Gasteiger partial charge in [-0.25, -0.2) is 4.79 Å². The molecule has 0 aromatic heterocycles. The average Bonchev–Trinajstić information content (AvgIpc) is 2.67. The lowest BCUT2D eigenvalue weighted by molar-refractivity contribution is 0.0963. The van der Waals surface area contributed by atoms with Gasteiger partial charge >= 0.3 is 6.03 Å². The molecule has 0 radical (unpaired) electrons. The number of halogens is 2. The van der Waals surface area contributed by atoms with Gasteiger partial charge in [-0.1, -0.05) is 29.3 Å². The molecule has 6 nitrogen and oxygen atoms in total. The molecule has 1 fully saturated rings. The first kappa shape index (κ1) is 19.3. The van der Waals surface area contributed by atoms with Crippen molar-refractivity contribution in [3.8, 4) is 0 Å². The van der Waals surface area contributed by atoms with Crippen LogP contribution in [-0.4, -0.2) is 50.1 Å². The highest BCUT2D eigenvalue weighted by Gasteiger charge is 2.22. The van der Waals surface area contributed by atoms with Gasteiger partial charge in [0, 0.05) is 49.6 Å². The summed E-state index contributed by atoms with van der Waals surface area (Å²) < 4.78 is 0. The Morgan fingerprint density at radius 3 is 2.37 bits per heavy atom. The molecule has 0 atom stereocenters. The van der Waals surface area contributed by atoms with Crippen molar-refractivity contribution in [2.75, 3.05) is 43.4 Å². The van der Waals surface area contributed by atoms with Gasteiger partial charge in [0.1, 0.15) is 0 Å². The van der Waals surface area contributed by atoms with Gasteiger partial charge in [0.15, 0.2) is 0 Å². The molecular formula is C19H20Cl2N4O2. The lowest BCUT2D eigenvalue weighted by Crippen LogP contribution is -2.50. The van der Waals surface area contributed by atoms with Crippen LogP contribution in [-0.2, 0) is 0 Å². The zero-order chi connectivity index (χ0) is 19.4. The van der Waals surface area contributed by atoms with E-state index < -0.39 is 0 Å². The van der Waals surface area contributed by atoms with Crippen LogP contribution in [0.15, 0.2) is 42.5 Å². The van der Waals surface area contributed by atoms with E-state index in [-0.39, 0.29) is 17.0 Å². The Hall–Kier alpha value is -2.44. The maximum absolute atomic E-state index is 12.5. The molecule has 8 heteroatoms. The minimum Gasteiger partial charge on any atom is -0.368 e. The second kappa shape index (κ2) is 8.50. The zero-order valence-electron chi connectivity index (χ0n) is 14.8. The van der Waals surface area contributed by atoms with Crippen LogP contribution in [0.4, 0.5) is 16.2 Å². The highest BCUT2D eigenvalue weighted by Crippen LogP contribution is 2.23. The van der Waals surface area contributed by atoms with Crippen LogP contribution in [0.25, 0.3) is 0 Å². The van der Waals surface area contributed by atoms with Crippen LogP contribution in [0.2, 0.25) is 10.0 Å². The van der Waals surface area contributed by atoms with Crippen molar-refractivity contribution in [3.05, 3.63) is 58.1 Å². The van der Waals surface area contributed by atoms with Gasteiger partial charge in [-0.05, 0) is 36.4 Å². The predicted molar refractivity (Wildman–Crippen MR) is 109 cm³/mol. The van der Waals surface area contributed by atoms with Crippen molar-refractivity contribution in [3.63, 3.8) is 0 Å². The van der Waals surface area contributed by atoms with E-state index in [4.69, 9.17) is 23.2 Å².